The highest BCUT2D eigenvalue weighted by Crippen LogP contribution is 2.05. The van der Waals surface area contributed by atoms with Crippen LogP contribution in [0.3, 0.4) is 0 Å². The highest BCUT2D eigenvalue weighted by atomic mass is 19.1. The molecule has 1 N–H and O–H groups in total. The van der Waals surface area contributed by atoms with Crippen LogP contribution < -0.4 is 5.32 Å². The SMILES string of the molecule is CCCn1nnnc1COC(=O)CNC(=O)c1ccccc1F. The van der Waals surface area contributed by atoms with E-state index in [4.69, 9.17) is 4.74 Å². The monoisotopic (exact) mass is 321 g/mol. The maximum atomic E-state index is 13.4. The second-order valence-corrected chi connectivity index (χ2v) is 4.64. The third-order valence-electron chi connectivity index (χ3n) is 2.92. The zero-order valence-electron chi connectivity index (χ0n) is 12.5. The van der Waals surface area contributed by atoms with Crippen LogP contribution >= 0.6 is 0 Å². The molecule has 1 amide bonds. The van der Waals surface area contributed by atoms with Crippen molar-refractivity contribution in [1.82, 2.24) is 25.5 Å². The number of amides is 1. The van der Waals surface area contributed by atoms with Gasteiger partial charge in [-0.25, -0.2) is 9.07 Å². The average molecular weight is 321 g/mol. The molecule has 0 aliphatic rings. The second-order valence-electron chi connectivity index (χ2n) is 4.64. The molecule has 1 aromatic carbocycles. The highest BCUT2D eigenvalue weighted by Gasteiger charge is 2.13. The number of nitrogens with one attached hydrogen (secondary N) is 1. The van der Waals surface area contributed by atoms with Crippen LogP contribution in [-0.4, -0.2) is 38.6 Å². The van der Waals surface area contributed by atoms with Crippen LogP contribution in [0.1, 0.15) is 29.5 Å². The van der Waals surface area contributed by atoms with Gasteiger partial charge >= 0.3 is 5.97 Å². The summed E-state index contributed by atoms with van der Waals surface area (Å²) in [5.41, 5.74) is -0.132. The lowest BCUT2D eigenvalue weighted by atomic mass is 10.2. The molecule has 0 aliphatic heterocycles. The van der Waals surface area contributed by atoms with Crippen molar-refractivity contribution in [3.05, 3.63) is 41.5 Å². The molecule has 122 valence electrons. The van der Waals surface area contributed by atoms with E-state index in [1.807, 2.05) is 6.92 Å². The number of benzene rings is 1. The van der Waals surface area contributed by atoms with Gasteiger partial charge in [0.2, 0.25) is 0 Å². The number of hydrogen-bond acceptors (Lipinski definition) is 6. The van der Waals surface area contributed by atoms with Gasteiger partial charge in [0.15, 0.2) is 12.4 Å². The van der Waals surface area contributed by atoms with Gasteiger partial charge in [-0.05, 0) is 29.0 Å². The van der Waals surface area contributed by atoms with Gasteiger partial charge in [-0.2, -0.15) is 0 Å². The number of aromatic nitrogens is 4. The molecule has 8 nitrogen and oxygen atoms in total. The molecule has 0 saturated carbocycles. The van der Waals surface area contributed by atoms with Crippen molar-refractivity contribution < 1.29 is 18.7 Å². The van der Waals surface area contributed by atoms with Gasteiger partial charge in [-0.3, -0.25) is 9.59 Å². The van der Waals surface area contributed by atoms with E-state index in [0.717, 1.165) is 6.42 Å². The summed E-state index contributed by atoms with van der Waals surface area (Å²) in [4.78, 5) is 23.4. The topological polar surface area (TPSA) is 99.0 Å². The number of esters is 1. The Morgan fingerprint density at radius 1 is 1.35 bits per heavy atom. The number of ether oxygens (including phenoxy) is 1. The molecular weight excluding hydrogens is 305 g/mol. The standard InChI is InChI=1S/C14H16FN5O3/c1-2-7-20-12(17-18-19-20)9-23-13(21)8-16-14(22)10-5-3-4-6-11(10)15/h3-6H,2,7-9H2,1H3,(H,16,22). The molecule has 23 heavy (non-hydrogen) atoms. The van der Waals surface area contributed by atoms with Gasteiger partial charge in [0.05, 0.1) is 5.56 Å². The summed E-state index contributed by atoms with van der Waals surface area (Å²) in [6.45, 7) is 2.11. The lowest BCUT2D eigenvalue weighted by Gasteiger charge is -2.07. The fourth-order valence-electron chi connectivity index (χ4n) is 1.80. The molecule has 2 aromatic rings. The molecule has 1 aromatic heterocycles. The lowest BCUT2D eigenvalue weighted by molar-refractivity contribution is -0.144. The maximum absolute atomic E-state index is 13.4. The fourth-order valence-corrected chi connectivity index (χ4v) is 1.80. The van der Waals surface area contributed by atoms with Crippen molar-refractivity contribution in [3.63, 3.8) is 0 Å². The lowest BCUT2D eigenvalue weighted by Crippen LogP contribution is -2.31. The van der Waals surface area contributed by atoms with Crippen LogP contribution in [-0.2, 0) is 22.7 Å². The van der Waals surface area contributed by atoms with E-state index >= 15 is 0 Å². The zero-order valence-corrected chi connectivity index (χ0v) is 12.5. The Morgan fingerprint density at radius 2 is 2.13 bits per heavy atom. The van der Waals surface area contributed by atoms with E-state index in [1.54, 1.807) is 0 Å². The normalized spacial score (nSPS) is 10.3. The number of hydrogen-bond donors (Lipinski definition) is 1. The average Bonchev–Trinajstić information content (AvgIpc) is 2.99. The zero-order chi connectivity index (χ0) is 16.7. The summed E-state index contributed by atoms with van der Waals surface area (Å²) in [6.07, 6.45) is 0.838. The number of tetrazole rings is 1. The number of aryl methyl sites for hydroxylation is 1. The molecule has 1 heterocycles. The molecule has 0 unspecified atom stereocenters. The van der Waals surface area contributed by atoms with Crippen molar-refractivity contribution in [1.29, 1.82) is 0 Å². The van der Waals surface area contributed by atoms with E-state index in [1.165, 1.54) is 28.9 Å². The first-order valence-electron chi connectivity index (χ1n) is 7.05. The molecule has 2 rings (SSSR count). The van der Waals surface area contributed by atoms with Crippen molar-refractivity contribution >= 4 is 11.9 Å². The number of carbonyl (C=O) groups excluding carboxylic acids is 2. The van der Waals surface area contributed by atoms with Crippen LogP contribution in [0.5, 0.6) is 0 Å². The molecule has 0 aliphatic carbocycles. The van der Waals surface area contributed by atoms with Crippen LogP contribution in [0.15, 0.2) is 24.3 Å². The predicted molar refractivity (Wildman–Crippen MR) is 76.6 cm³/mol. The van der Waals surface area contributed by atoms with Gasteiger partial charge in [-0.15, -0.1) is 5.10 Å². The van der Waals surface area contributed by atoms with Gasteiger partial charge in [0.1, 0.15) is 12.4 Å². The van der Waals surface area contributed by atoms with Crippen LogP contribution in [0.4, 0.5) is 4.39 Å². The first-order valence-corrected chi connectivity index (χ1v) is 7.05. The Bertz CT molecular complexity index is 689. The molecule has 0 spiro atoms. The van der Waals surface area contributed by atoms with Crippen molar-refractivity contribution in [2.24, 2.45) is 0 Å². The Kier molecular flexibility index (Phi) is 5.73. The third-order valence-corrected chi connectivity index (χ3v) is 2.92. The van der Waals surface area contributed by atoms with Crippen molar-refractivity contribution in [2.75, 3.05) is 6.54 Å². The van der Waals surface area contributed by atoms with Crippen molar-refractivity contribution in [2.45, 2.75) is 26.5 Å². The largest absolute Gasteiger partial charge is 0.456 e. The highest BCUT2D eigenvalue weighted by molar-refractivity contribution is 5.96. The van der Waals surface area contributed by atoms with Gasteiger partial charge in [-0.1, -0.05) is 19.1 Å². The van der Waals surface area contributed by atoms with E-state index in [-0.39, 0.29) is 18.7 Å². The number of carbonyl (C=O) groups is 2. The first-order chi connectivity index (χ1) is 11.1. The summed E-state index contributed by atoms with van der Waals surface area (Å²) in [5.74, 6) is -1.59. The summed E-state index contributed by atoms with van der Waals surface area (Å²) >= 11 is 0. The molecule has 0 fully saturated rings. The van der Waals surface area contributed by atoms with E-state index in [2.05, 4.69) is 20.8 Å². The van der Waals surface area contributed by atoms with Gasteiger partial charge < -0.3 is 10.1 Å². The van der Waals surface area contributed by atoms with E-state index < -0.39 is 17.7 Å². The van der Waals surface area contributed by atoms with E-state index in [9.17, 15) is 14.0 Å². The molecule has 0 radical (unpaired) electrons. The molecule has 0 saturated heterocycles. The predicted octanol–water partition coefficient (Wildman–Crippen LogP) is 0.695. The summed E-state index contributed by atoms with van der Waals surface area (Å²) in [5, 5.41) is 13.3. The smallest absolute Gasteiger partial charge is 0.325 e. The Morgan fingerprint density at radius 3 is 2.87 bits per heavy atom. The quantitative estimate of drug-likeness (QED) is 0.754. The van der Waals surface area contributed by atoms with Gasteiger partial charge in [0, 0.05) is 6.54 Å². The fraction of sp³-hybridized carbons (Fsp3) is 0.357. The summed E-state index contributed by atoms with van der Waals surface area (Å²) in [6, 6.07) is 5.50. The number of halogens is 1. The minimum atomic E-state index is -0.684. The number of nitrogens with zero attached hydrogens (tertiary/aromatic N) is 4. The van der Waals surface area contributed by atoms with Crippen LogP contribution in [0.2, 0.25) is 0 Å². The Labute approximate surface area is 131 Å². The van der Waals surface area contributed by atoms with Gasteiger partial charge in [0.25, 0.3) is 5.91 Å². The molecule has 0 atom stereocenters. The maximum Gasteiger partial charge on any atom is 0.325 e. The Balaban J connectivity index is 1.80. The Hall–Kier alpha value is -2.84. The van der Waals surface area contributed by atoms with E-state index in [0.29, 0.717) is 12.4 Å². The van der Waals surface area contributed by atoms with Crippen LogP contribution in [0.25, 0.3) is 0 Å². The molecule has 0 bridgehead atoms. The summed E-state index contributed by atoms with van der Waals surface area (Å²) < 4.78 is 19.9. The first kappa shape index (κ1) is 16.5. The minimum Gasteiger partial charge on any atom is -0.456 e. The number of rotatable bonds is 7. The second kappa shape index (κ2) is 7.97. The summed E-state index contributed by atoms with van der Waals surface area (Å²) in [7, 11) is 0. The minimum absolute atomic E-state index is 0.0958. The molecular formula is C14H16FN5O3. The third kappa shape index (κ3) is 4.56. The van der Waals surface area contributed by atoms with Crippen LogP contribution in [0, 0.1) is 5.82 Å². The van der Waals surface area contributed by atoms with Crippen molar-refractivity contribution in [3.8, 4) is 0 Å². The molecule has 9 heteroatoms.